The molecule has 2 aromatic heterocycles. The predicted molar refractivity (Wildman–Crippen MR) is 86.3 cm³/mol. The number of aromatic nitrogens is 1. The van der Waals surface area contributed by atoms with E-state index >= 15 is 0 Å². The van der Waals surface area contributed by atoms with Gasteiger partial charge in [-0.15, -0.1) is 0 Å². The minimum Gasteiger partial charge on any atom is -0.472 e. The first-order valence-corrected chi connectivity index (χ1v) is 8.20. The quantitative estimate of drug-likeness (QED) is 0.916. The predicted octanol–water partition coefficient (Wildman–Crippen LogP) is 1.95. The lowest BCUT2D eigenvalue weighted by molar-refractivity contribution is -0.121. The fourth-order valence-electron chi connectivity index (χ4n) is 3.78. The van der Waals surface area contributed by atoms with Crippen molar-refractivity contribution in [3.8, 4) is 0 Å². The van der Waals surface area contributed by atoms with Crippen LogP contribution in [0.25, 0.3) is 0 Å². The zero-order chi connectivity index (χ0) is 16.6. The number of amides is 2. The van der Waals surface area contributed by atoms with Gasteiger partial charge in [0.05, 0.1) is 17.7 Å². The minimum atomic E-state index is -0.196. The van der Waals surface area contributed by atoms with Gasteiger partial charge < -0.3 is 14.6 Å². The van der Waals surface area contributed by atoms with Gasteiger partial charge in [0, 0.05) is 31.0 Å². The van der Waals surface area contributed by atoms with Gasteiger partial charge in [-0.05, 0) is 43.0 Å². The Kier molecular flexibility index (Phi) is 3.59. The van der Waals surface area contributed by atoms with Crippen molar-refractivity contribution in [2.24, 2.45) is 0 Å². The number of hydrogen-bond donors (Lipinski definition) is 1. The average molecular weight is 325 g/mol. The molecule has 1 spiro atoms. The summed E-state index contributed by atoms with van der Waals surface area (Å²) < 4.78 is 4.99. The van der Waals surface area contributed by atoms with Gasteiger partial charge in [-0.25, -0.2) is 0 Å². The smallest absolute Gasteiger partial charge is 0.257 e. The molecular weight excluding hydrogens is 306 g/mol. The molecular formula is C18H19N3O3. The van der Waals surface area contributed by atoms with E-state index in [9.17, 15) is 9.59 Å². The summed E-state index contributed by atoms with van der Waals surface area (Å²) in [5.74, 6) is -0.0476. The van der Waals surface area contributed by atoms with E-state index in [2.05, 4.69) is 10.3 Å². The highest BCUT2D eigenvalue weighted by Crippen LogP contribution is 2.39. The summed E-state index contributed by atoms with van der Waals surface area (Å²) in [4.78, 5) is 30.7. The van der Waals surface area contributed by atoms with Crippen LogP contribution in [0.5, 0.6) is 0 Å². The second-order valence-electron chi connectivity index (χ2n) is 6.61. The second-order valence-corrected chi connectivity index (χ2v) is 6.61. The molecule has 2 aliphatic rings. The number of pyridine rings is 1. The number of nitrogens with zero attached hydrogens (tertiary/aromatic N) is 2. The van der Waals surface area contributed by atoms with Gasteiger partial charge >= 0.3 is 0 Å². The molecule has 124 valence electrons. The third-order valence-corrected chi connectivity index (χ3v) is 5.18. The molecule has 0 aromatic carbocycles. The van der Waals surface area contributed by atoms with Crippen molar-refractivity contribution >= 4 is 11.8 Å². The van der Waals surface area contributed by atoms with E-state index < -0.39 is 0 Å². The largest absolute Gasteiger partial charge is 0.472 e. The lowest BCUT2D eigenvalue weighted by atomic mass is 9.82. The molecule has 0 unspecified atom stereocenters. The van der Waals surface area contributed by atoms with Crippen molar-refractivity contribution in [1.82, 2.24) is 15.2 Å². The van der Waals surface area contributed by atoms with Crippen LogP contribution in [0.2, 0.25) is 0 Å². The molecule has 0 aliphatic carbocycles. The van der Waals surface area contributed by atoms with E-state index in [0.717, 1.165) is 24.8 Å². The summed E-state index contributed by atoms with van der Waals surface area (Å²) in [6.45, 7) is 1.29. The molecule has 1 N–H and O–H groups in total. The zero-order valence-corrected chi connectivity index (χ0v) is 13.3. The van der Waals surface area contributed by atoms with Crippen LogP contribution in [-0.2, 0) is 4.79 Å². The topological polar surface area (TPSA) is 75.4 Å². The van der Waals surface area contributed by atoms with Crippen LogP contribution < -0.4 is 5.32 Å². The van der Waals surface area contributed by atoms with E-state index in [4.69, 9.17) is 4.42 Å². The summed E-state index contributed by atoms with van der Waals surface area (Å²) in [5, 5.41) is 3.20. The van der Waals surface area contributed by atoms with E-state index in [0.29, 0.717) is 18.7 Å². The first-order valence-electron chi connectivity index (χ1n) is 8.20. The zero-order valence-electron chi connectivity index (χ0n) is 13.3. The SMILES string of the molecule is O=C1NC2(CCN(C(=O)c3ccoc3)CC2)C[C@@H]1c1ccncc1. The Bertz CT molecular complexity index is 734. The summed E-state index contributed by atoms with van der Waals surface area (Å²) in [5.41, 5.74) is 1.39. The van der Waals surface area contributed by atoms with Crippen molar-refractivity contribution in [3.05, 3.63) is 54.2 Å². The molecule has 1 atom stereocenters. The highest BCUT2D eigenvalue weighted by molar-refractivity contribution is 5.94. The van der Waals surface area contributed by atoms with Crippen molar-refractivity contribution in [2.45, 2.75) is 30.7 Å². The highest BCUT2D eigenvalue weighted by Gasteiger charge is 2.46. The lowest BCUT2D eigenvalue weighted by Crippen LogP contribution is -2.52. The van der Waals surface area contributed by atoms with Gasteiger partial charge in [-0.1, -0.05) is 0 Å². The van der Waals surface area contributed by atoms with E-state index in [1.807, 2.05) is 17.0 Å². The maximum atomic E-state index is 12.4. The van der Waals surface area contributed by atoms with Gasteiger partial charge in [-0.2, -0.15) is 0 Å². The van der Waals surface area contributed by atoms with Crippen molar-refractivity contribution in [3.63, 3.8) is 0 Å². The molecule has 2 aliphatic heterocycles. The Morgan fingerprint density at radius 1 is 1.25 bits per heavy atom. The first-order chi connectivity index (χ1) is 11.7. The number of carbonyl (C=O) groups is 2. The highest BCUT2D eigenvalue weighted by atomic mass is 16.3. The van der Waals surface area contributed by atoms with Gasteiger partial charge in [0.25, 0.3) is 5.91 Å². The van der Waals surface area contributed by atoms with Crippen molar-refractivity contribution in [1.29, 1.82) is 0 Å². The van der Waals surface area contributed by atoms with Crippen LogP contribution in [0.3, 0.4) is 0 Å². The van der Waals surface area contributed by atoms with Crippen LogP contribution >= 0.6 is 0 Å². The van der Waals surface area contributed by atoms with Crippen molar-refractivity contribution < 1.29 is 14.0 Å². The molecule has 6 heteroatoms. The Labute approximate surface area is 139 Å². The van der Waals surface area contributed by atoms with E-state index in [-0.39, 0.29) is 23.3 Å². The lowest BCUT2D eigenvalue weighted by Gasteiger charge is -2.39. The number of nitrogens with one attached hydrogen (secondary N) is 1. The Balaban J connectivity index is 1.44. The number of carbonyl (C=O) groups excluding carboxylic acids is 2. The minimum absolute atomic E-state index is 0.00592. The van der Waals surface area contributed by atoms with Gasteiger partial charge in [0.1, 0.15) is 6.26 Å². The summed E-state index contributed by atoms with van der Waals surface area (Å²) in [6.07, 6.45) is 8.77. The molecule has 2 fully saturated rings. The molecule has 2 saturated heterocycles. The maximum absolute atomic E-state index is 12.4. The number of rotatable bonds is 2. The molecule has 2 amide bonds. The third-order valence-electron chi connectivity index (χ3n) is 5.18. The Morgan fingerprint density at radius 2 is 2.00 bits per heavy atom. The number of furan rings is 1. The molecule has 24 heavy (non-hydrogen) atoms. The molecule has 0 bridgehead atoms. The third kappa shape index (κ3) is 2.58. The Hall–Kier alpha value is -2.63. The Morgan fingerprint density at radius 3 is 2.67 bits per heavy atom. The number of likely N-dealkylation sites (tertiary alicyclic amines) is 1. The number of hydrogen-bond acceptors (Lipinski definition) is 4. The van der Waals surface area contributed by atoms with E-state index in [1.165, 1.54) is 12.5 Å². The van der Waals surface area contributed by atoms with Crippen LogP contribution in [-0.4, -0.2) is 40.3 Å². The number of piperidine rings is 1. The second kappa shape index (κ2) is 5.78. The van der Waals surface area contributed by atoms with Crippen LogP contribution in [0.4, 0.5) is 0 Å². The monoisotopic (exact) mass is 325 g/mol. The molecule has 2 aromatic rings. The van der Waals surface area contributed by atoms with Crippen LogP contribution in [0.1, 0.15) is 41.1 Å². The molecule has 0 radical (unpaired) electrons. The van der Waals surface area contributed by atoms with E-state index in [1.54, 1.807) is 18.5 Å². The first kappa shape index (κ1) is 14.9. The average Bonchev–Trinajstić information content (AvgIpc) is 3.25. The van der Waals surface area contributed by atoms with Crippen LogP contribution in [0.15, 0.2) is 47.5 Å². The fraction of sp³-hybridized carbons (Fsp3) is 0.389. The standard InChI is InChI=1S/C18H19N3O3/c22-16-15(13-1-6-19-7-2-13)11-18(20-16)4-8-21(9-5-18)17(23)14-3-10-24-12-14/h1-3,6-7,10,12,15H,4-5,8-9,11H2,(H,20,22)/t15-/m1/s1. The summed E-state index contributed by atoms with van der Waals surface area (Å²) >= 11 is 0. The molecule has 4 rings (SSSR count). The summed E-state index contributed by atoms with van der Waals surface area (Å²) in [7, 11) is 0. The molecule has 4 heterocycles. The molecule has 6 nitrogen and oxygen atoms in total. The van der Waals surface area contributed by atoms with Gasteiger partial charge in [0.15, 0.2) is 0 Å². The summed E-state index contributed by atoms with van der Waals surface area (Å²) in [6, 6.07) is 5.49. The normalized spacial score (nSPS) is 22.6. The van der Waals surface area contributed by atoms with Gasteiger partial charge in [0.2, 0.25) is 5.91 Å². The fourth-order valence-corrected chi connectivity index (χ4v) is 3.78. The van der Waals surface area contributed by atoms with Crippen LogP contribution in [0, 0.1) is 0 Å². The maximum Gasteiger partial charge on any atom is 0.257 e. The van der Waals surface area contributed by atoms with Crippen molar-refractivity contribution in [2.75, 3.05) is 13.1 Å². The molecule has 0 saturated carbocycles. The van der Waals surface area contributed by atoms with Gasteiger partial charge in [-0.3, -0.25) is 14.6 Å².